The van der Waals surface area contributed by atoms with E-state index in [-0.39, 0.29) is 22.7 Å². The average Bonchev–Trinajstić information content (AvgIpc) is 3.08. The van der Waals surface area contributed by atoms with Gasteiger partial charge in [-0.25, -0.2) is 8.42 Å². The zero-order valence-corrected chi connectivity index (χ0v) is 17.2. The van der Waals surface area contributed by atoms with Crippen LogP contribution < -0.4 is 4.90 Å². The first-order valence-corrected chi connectivity index (χ1v) is 11.4. The summed E-state index contributed by atoms with van der Waals surface area (Å²) in [5.74, 6) is 0. The molecular weight excluding hydrogens is 382 g/mol. The molecule has 9 heteroatoms. The molecule has 1 atom stereocenters. The molecule has 28 heavy (non-hydrogen) atoms. The summed E-state index contributed by atoms with van der Waals surface area (Å²) in [5, 5.41) is 21.0. The molecule has 8 nitrogen and oxygen atoms in total. The van der Waals surface area contributed by atoms with Crippen LogP contribution >= 0.6 is 0 Å². The molecule has 1 aromatic rings. The van der Waals surface area contributed by atoms with Crippen molar-refractivity contribution in [3.63, 3.8) is 0 Å². The normalized spacial score (nSPS) is 23.9. The van der Waals surface area contributed by atoms with Crippen LogP contribution in [0.3, 0.4) is 0 Å². The SMILES string of the molecule is C[C@@]1(CCCO)CCCN1c1ccc(S(=O)(=O)N2CCCCC2)cc1[N+](=O)[O-]. The van der Waals surface area contributed by atoms with Gasteiger partial charge in [-0.15, -0.1) is 0 Å². The number of nitrogens with zero attached hydrogens (tertiary/aromatic N) is 3. The highest BCUT2D eigenvalue weighted by molar-refractivity contribution is 7.89. The third-order valence-electron chi connectivity index (χ3n) is 6.01. The van der Waals surface area contributed by atoms with Crippen LogP contribution in [-0.4, -0.2) is 54.5 Å². The fraction of sp³-hybridized carbons (Fsp3) is 0.684. The second kappa shape index (κ2) is 8.34. The molecule has 0 aliphatic carbocycles. The molecule has 3 rings (SSSR count). The first-order chi connectivity index (χ1) is 13.3. The van der Waals surface area contributed by atoms with Gasteiger partial charge in [-0.05, 0) is 57.6 Å². The van der Waals surface area contributed by atoms with Gasteiger partial charge in [-0.3, -0.25) is 10.1 Å². The van der Waals surface area contributed by atoms with E-state index in [1.54, 1.807) is 6.07 Å². The second-order valence-corrected chi connectivity index (χ2v) is 9.89. The lowest BCUT2D eigenvalue weighted by atomic mass is 9.92. The standard InChI is InChI=1S/C19H29N3O5S/c1-19(10-6-14-23)9-5-13-21(19)17-8-7-16(15-18(17)22(24)25)28(26,27)20-11-3-2-4-12-20/h7-8,15,23H,2-6,9-14H2,1H3/t19-/m0/s1. The second-order valence-electron chi connectivity index (χ2n) is 7.95. The molecule has 0 saturated carbocycles. The number of nitro groups is 1. The van der Waals surface area contributed by atoms with Crippen LogP contribution in [0.25, 0.3) is 0 Å². The topological polar surface area (TPSA) is 104 Å². The van der Waals surface area contributed by atoms with Gasteiger partial charge in [-0.2, -0.15) is 4.31 Å². The van der Waals surface area contributed by atoms with Crippen molar-refractivity contribution in [3.05, 3.63) is 28.3 Å². The van der Waals surface area contributed by atoms with E-state index >= 15 is 0 Å². The predicted molar refractivity (Wildman–Crippen MR) is 107 cm³/mol. The van der Waals surface area contributed by atoms with E-state index in [2.05, 4.69) is 6.92 Å². The summed E-state index contributed by atoms with van der Waals surface area (Å²) in [7, 11) is -3.72. The Balaban J connectivity index is 1.97. The summed E-state index contributed by atoms with van der Waals surface area (Å²) >= 11 is 0. The molecule has 2 aliphatic heterocycles. The Morgan fingerprint density at radius 1 is 1.18 bits per heavy atom. The maximum absolute atomic E-state index is 12.9. The first-order valence-electron chi connectivity index (χ1n) is 9.97. The lowest BCUT2D eigenvalue weighted by Gasteiger charge is -2.37. The number of hydrogen-bond acceptors (Lipinski definition) is 6. The molecule has 156 valence electrons. The van der Waals surface area contributed by atoms with E-state index in [9.17, 15) is 23.6 Å². The van der Waals surface area contributed by atoms with Gasteiger partial charge in [0, 0.05) is 37.8 Å². The van der Waals surface area contributed by atoms with Crippen LogP contribution in [0.1, 0.15) is 51.9 Å². The monoisotopic (exact) mass is 411 g/mol. The van der Waals surface area contributed by atoms with Crippen LogP contribution in [0.4, 0.5) is 11.4 Å². The molecule has 1 N–H and O–H groups in total. The molecule has 0 spiro atoms. The minimum absolute atomic E-state index is 0.0129. The highest BCUT2D eigenvalue weighted by atomic mass is 32.2. The fourth-order valence-corrected chi connectivity index (χ4v) is 5.98. The number of nitro benzene ring substituents is 1. The fourth-order valence-electron chi connectivity index (χ4n) is 4.45. The molecule has 0 aromatic heterocycles. The summed E-state index contributed by atoms with van der Waals surface area (Å²) in [6.07, 6.45) is 5.79. The number of benzene rings is 1. The molecule has 0 amide bonds. The smallest absolute Gasteiger partial charge is 0.293 e. The largest absolute Gasteiger partial charge is 0.396 e. The van der Waals surface area contributed by atoms with Crippen molar-refractivity contribution in [3.8, 4) is 0 Å². The van der Waals surface area contributed by atoms with Gasteiger partial charge in [0.15, 0.2) is 0 Å². The molecule has 2 heterocycles. The quantitative estimate of drug-likeness (QED) is 0.546. The highest BCUT2D eigenvalue weighted by Gasteiger charge is 2.39. The Kier molecular flexibility index (Phi) is 6.26. The van der Waals surface area contributed by atoms with Gasteiger partial charge < -0.3 is 10.0 Å². The van der Waals surface area contributed by atoms with Crippen LogP contribution in [0, 0.1) is 10.1 Å². The summed E-state index contributed by atoms with van der Waals surface area (Å²) in [5.41, 5.74) is 0.0107. The average molecular weight is 412 g/mol. The zero-order valence-electron chi connectivity index (χ0n) is 16.3. The van der Waals surface area contributed by atoms with Crippen molar-refractivity contribution in [2.45, 2.75) is 62.3 Å². The molecular formula is C19H29N3O5S. The van der Waals surface area contributed by atoms with Crippen molar-refractivity contribution in [2.75, 3.05) is 31.1 Å². The van der Waals surface area contributed by atoms with E-state index in [0.717, 1.165) is 38.5 Å². The Hall–Kier alpha value is -1.71. The summed E-state index contributed by atoms with van der Waals surface area (Å²) < 4.78 is 27.3. The zero-order chi connectivity index (χ0) is 20.4. The Morgan fingerprint density at radius 3 is 2.54 bits per heavy atom. The van der Waals surface area contributed by atoms with Gasteiger partial charge in [-0.1, -0.05) is 6.42 Å². The van der Waals surface area contributed by atoms with Crippen LogP contribution in [0.5, 0.6) is 0 Å². The molecule has 0 radical (unpaired) electrons. The number of piperidine rings is 1. The van der Waals surface area contributed by atoms with E-state index in [0.29, 0.717) is 31.7 Å². The van der Waals surface area contributed by atoms with E-state index < -0.39 is 14.9 Å². The van der Waals surface area contributed by atoms with Gasteiger partial charge in [0.05, 0.1) is 9.82 Å². The van der Waals surface area contributed by atoms with Crippen molar-refractivity contribution in [1.82, 2.24) is 4.31 Å². The number of anilines is 1. The predicted octanol–water partition coefficient (Wildman–Crippen LogP) is 2.90. The minimum atomic E-state index is -3.72. The Morgan fingerprint density at radius 2 is 1.89 bits per heavy atom. The van der Waals surface area contributed by atoms with Crippen molar-refractivity contribution >= 4 is 21.4 Å². The van der Waals surface area contributed by atoms with Gasteiger partial charge >= 0.3 is 0 Å². The van der Waals surface area contributed by atoms with Crippen molar-refractivity contribution < 1.29 is 18.4 Å². The molecule has 0 bridgehead atoms. The Bertz CT molecular complexity index is 823. The number of rotatable bonds is 7. The van der Waals surface area contributed by atoms with Gasteiger partial charge in [0.2, 0.25) is 10.0 Å². The number of aliphatic hydroxyl groups excluding tert-OH is 1. The van der Waals surface area contributed by atoms with Gasteiger partial charge in [0.25, 0.3) is 5.69 Å². The first kappa shape index (κ1) is 21.0. The highest BCUT2D eigenvalue weighted by Crippen LogP contribution is 2.42. The third kappa shape index (κ3) is 4.01. The molecule has 2 saturated heterocycles. The van der Waals surface area contributed by atoms with E-state index in [1.165, 1.54) is 16.4 Å². The number of hydrogen-bond donors (Lipinski definition) is 1. The maximum Gasteiger partial charge on any atom is 0.293 e. The summed E-state index contributed by atoms with van der Waals surface area (Å²) in [6, 6.07) is 4.29. The number of aliphatic hydroxyl groups is 1. The molecule has 1 aromatic carbocycles. The van der Waals surface area contributed by atoms with Crippen LogP contribution in [0.15, 0.2) is 23.1 Å². The van der Waals surface area contributed by atoms with Crippen molar-refractivity contribution in [2.24, 2.45) is 0 Å². The Labute approximate surface area is 166 Å². The molecule has 2 fully saturated rings. The van der Waals surface area contributed by atoms with Gasteiger partial charge in [0.1, 0.15) is 5.69 Å². The number of sulfonamides is 1. The summed E-state index contributed by atoms with van der Waals surface area (Å²) in [4.78, 5) is 13.3. The van der Waals surface area contributed by atoms with Crippen LogP contribution in [-0.2, 0) is 10.0 Å². The van der Waals surface area contributed by atoms with E-state index in [1.807, 2.05) is 4.90 Å². The van der Waals surface area contributed by atoms with E-state index in [4.69, 9.17) is 0 Å². The van der Waals surface area contributed by atoms with Crippen molar-refractivity contribution in [1.29, 1.82) is 0 Å². The molecule has 2 aliphatic rings. The van der Waals surface area contributed by atoms with Crippen LogP contribution in [0.2, 0.25) is 0 Å². The lowest BCUT2D eigenvalue weighted by molar-refractivity contribution is -0.384. The molecule has 0 unspecified atom stereocenters. The summed E-state index contributed by atoms with van der Waals surface area (Å²) in [6.45, 7) is 3.74. The maximum atomic E-state index is 12.9. The lowest BCUT2D eigenvalue weighted by Crippen LogP contribution is -2.41. The third-order valence-corrected chi connectivity index (χ3v) is 7.90. The minimum Gasteiger partial charge on any atom is -0.396 e.